The lowest BCUT2D eigenvalue weighted by atomic mass is 10.1. The van der Waals surface area contributed by atoms with Crippen molar-refractivity contribution < 1.29 is 23.4 Å². The number of esters is 1. The fraction of sp³-hybridized carbons (Fsp3) is 0.217. The van der Waals surface area contributed by atoms with Gasteiger partial charge in [0.2, 0.25) is 0 Å². The minimum Gasteiger partial charge on any atom is -0.497 e. The molecule has 0 saturated heterocycles. The van der Waals surface area contributed by atoms with E-state index in [9.17, 15) is 9.59 Å². The second-order valence-corrected chi connectivity index (χ2v) is 6.76. The average molecular weight is 392 g/mol. The summed E-state index contributed by atoms with van der Waals surface area (Å²) in [6.45, 7) is 0. The number of ether oxygens (including phenoxy) is 3. The van der Waals surface area contributed by atoms with Crippen molar-refractivity contribution >= 4 is 28.6 Å². The van der Waals surface area contributed by atoms with Gasteiger partial charge in [-0.3, -0.25) is 4.79 Å². The second-order valence-electron chi connectivity index (χ2n) is 6.76. The van der Waals surface area contributed by atoms with Crippen LogP contribution in [0.25, 0.3) is 22.6 Å². The SMILES string of the molecule is COC(=O)c1ccc2oc3c(c(=O)c2c1)CCC3=Cc1cc(OC)cc(OC)c1. The van der Waals surface area contributed by atoms with Crippen LogP contribution in [0.4, 0.5) is 0 Å². The third kappa shape index (κ3) is 3.38. The van der Waals surface area contributed by atoms with Crippen molar-refractivity contribution in [3.63, 3.8) is 0 Å². The number of hydrogen-bond acceptors (Lipinski definition) is 6. The van der Waals surface area contributed by atoms with E-state index >= 15 is 0 Å². The Kier molecular flexibility index (Phi) is 4.84. The lowest BCUT2D eigenvalue weighted by Crippen LogP contribution is -2.10. The Morgan fingerprint density at radius 2 is 1.72 bits per heavy atom. The van der Waals surface area contributed by atoms with Crippen LogP contribution in [0.15, 0.2) is 45.6 Å². The van der Waals surface area contributed by atoms with Gasteiger partial charge in [-0.2, -0.15) is 0 Å². The summed E-state index contributed by atoms with van der Waals surface area (Å²) in [6.07, 6.45) is 3.26. The molecule has 148 valence electrons. The van der Waals surface area contributed by atoms with Crippen LogP contribution in [0.1, 0.15) is 33.7 Å². The van der Waals surface area contributed by atoms with Crippen molar-refractivity contribution in [3.05, 3.63) is 69.1 Å². The zero-order valence-electron chi connectivity index (χ0n) is 16.4. The van der Waals surface area contributed by atoms with Gasteiger partial charge < -0.3 is 18.6 Å². The maximum atomic E-state index is 13.0. The largest absolute Gasteiger partial charge is 0.497 e. The molecule has 6 nitrogen and oxygen atoms in total. The van der Waals surface area contributed by atoms with Crippen LogP contribution in [0.5, 0.6) is 11.5 Å². The van der Waals surface area contributed by atoms with Crippen molar-refractivity contribution in [3.8, 4) is 11.5 Å². The molecule has 0 aliphatic heterocycles. The van der Waals surface area contributed by atoms with Crippen molar-refractivity contribution in [2.24, 2.45) is 0 Å². The molecule has 0 unspecified atom stereocenters. The second kappa shape index (κ2) is 7.47. The Hall–Kier alpha value is -3.54. The van der Waals surface area contributed by atoms with Gasteiger partial charge in [-0.1, -0.05) is 0 Å². The molecule has 29 heavy (non-hydrogen) atoms. The Morgan fingerprint density at radius 3 is 2.38 bits per heavy atom. The van der Waals surface area contributed by atoms with E-state index in [1.165, 1.54) is 13.2 Å². The maximum absolute atomic E-state index is 13.0. The average Bonchev–Trinajstić information content (AvgIpc) is 3.15. The van der Waals surface area contributed by atoms with Crippen molar-refractivity contribution in [1.29, 1.82) is 0 Å². The van der Waals surface area contributed by atoms with E-state index in [1.807, 2.05) is 18.2 Å². The number of carbonyl (C=O) groups excluding carboxylic acids is 1. The van der Waals surface area contributed by atoms with Crippen molar-refractivity contribution in [2.45, 2.75) is 12.8 Å². The minimum absolute atomic E-state index is 0.112. The summed E-state index contributed by atoms with van der Waals surface area (Å²) in [7, 11) is 4.51. The zero-order valence-corrected chi connectivity index (χ0v) is 16.4. The number of fused-ring (bicyclic) bond motifs is 2. The first-order valence-electron chi connectivity index (χ1n) is 9.16. The first kappa shape index (κ1) is 18.8. The molecule has 4 rings (SSSR count). The molecule has 1 aromatic heterocycles. The van der Waals surface area contributed by atoms with Gasteiger partial charge in [-0.15, -0.1) is 0 Å². The van der Waals surface area contributed by atoms with Gasteiger partial charge in [0.15, 0.2) is 5.43 Å². The van der Waals surface area contributed by atoms with Crippen LogP contribution in [0.2, 0.25) is 0 Å². The summed E-state index contributed by atoms with van der Waals surface area (Å²) in [5.41, 5.74) is 3.11. The Balaban J connectivity index is 1.82. The monoisotopic (exact) mass is 392 g/mol. The highest BCUT2D eigenvalue weighted by molar-refractivity contribution is 5.95. The van der Waals surface area contributed by atoms with E-state index in [1.54, 1.807) is 32.4 Å². The van der Waals surface area contributed by atoms with E-state index in [0.29, 0.717) is 52.2 Å². The highest BCUT2D eigenvalue weighted by atomic mass is 16.5. The first-order chi connectivity index (χ1) is 14.0. The summed E-state index contributed by atoms with van der Waals surface area (Å²) < 4.78 is 21.5. The smallest absolute Gasteiger partial charge is 0.337 e. The molecule has 0 saturated carbocycles. The van der Waals surface area contributed by atoms with E-state index < -0.39 is 5.97 Å². The van der Waals surface area contributed by atoms with Gasteiger partial charge in [0.05, 0.1) is 32.3 Å². The Labute approximate surface area is 167 Å². The fourth-order valence-electron chi connectivity index (χ4n) is 3.59. The summed E-state index contributed by atoms with van der Waals surface area (Å²) >= 11 is 0. The van der Waals surface area contributed by atoms with Gasteiger partial charge in [0.1, 0.15) is 22.8 Å². The van der Waals surface area contributed by atoms with Gasteiger partial charge >= 0.3 is 5.97 Å². The molecule has 1 aliphatic carbocycles. The molecule has 0 amide bonds. The lowest BCUT2D eigenvalue weighted by molar-refractivity contribution is 0.0601. The maximum Gasteiger partial charge on any atom is 0.337 e. The molecule has 1 aliphatic rings. The predicted molar refractivity (Wildman–Crippen MR) is 110 cm³/mol. The van der Waals surface area contributed by atoms with Gasteiger partial charge in [0, 0.05) is 11.6 Å². The van der Waals surface area contributed by atoms with Crippen LogP contribution in [0.3, 0.4) is 0 Å². The lowest BCUT2D eigenvalue weighted by Gasteiger charge is -2.08. The van der Waals surface area contributed by atoms with Crippen LogP contribution in [-0.4, -0.2) is 27.3 Å². The predicted octanol–water partition coefficient (Wildman–Crippen LogP) is 4.08. The van der Waals surface area contributed by atoms with E-state index in [0.717, 1.165) is 11.1 Å². The summed E-state index contributed by atoms with van der Waals surface area (Å²) in [5.74, 6) is 1.48. The highest BCUT2D eigenvalue weighted by Crippen LogP contribution is 2.35. The summed E-state index contributed by atoms with van der Waals surface area (Å²) in [4.78, 5) is 24.8. The minimum atomic E-state index is -0.487. The van der Waals surface area contributed by atoms with Gasteiger partial charge in [0.25, 0.3) is 0 Å². The number of allylic oxidation sites excluding steroid dienone is 1. The molecule has 0 radical (unpaired) electrons. The topological polar surface area (TPSA) is 75.0 Å². The molecule has 0 fully saturated rings. The van der Waals surface area contributed by atoms with Crippen LogP contribution in [-0.2, 0) is 11.2 Å². The molecule has 0 atom stereocenters. The quantitative estimate of drug-likeness (QED) is 0.623. The van der Waals surface area contributed by atoms with Crippen LogP contribution < -0.4 is 14.9 Å². The number of hydrogen-bond donors (Lipinski definition) is 0. The molecule has 0 spiro atoms. The zero-order chi connectivity index (χ0) is 20.5. The summed E-state index contributed by atoms with van der Waals surface area (Å²) in [5, 5.41) is 0.385. The third-order valence-electron chi connectivity index (χ3n) is 5.06. The van der Waals surface area contributed by atoms with Crippen LogP contribution >= 0.6 is 0 Å². The fourth-order valence-corrected chi connectivity index (χ4v) is 3.59. The van der Waals surface area contributed by atoms with Gasteiger partial charge in [-0.25, -0.2) is 4.79 Å². The van der Waals surface area contributed by atoms with E-state index in [4.69, 9.17) is 18.6 Å². The number of rotatable bonds is 4. The molecule has 6 heteroatoms. The van der Waals surface area contributed by atoms with E-state index in [-0.39, 0.29) is 5.43 Å². The Bertz CT molecular complexity index is 1180. The molecular formula is C23H20O6. The molecule has 0 bridgehead atoms. The van der Waals surface area contributed by atoms with Crippen molar-refractivity contribution in [1.82, 2.24) is 0 Å². The standard InChI is InChI=1S/C23H20O6/c1-26-16-9-13(10-17(12-16)27-2)8-14-4-6-18-21(24)19-11-15(23(25)28-3)5-7-20(19)29-22(14)18/h5,7-12H,4,6H2,1-3H3. The van der Waals surface area contributed by atoms with Crippen LogP contribution in [0, 0.1) is 0 Å². The number of benzene rings is 2. The van der Waals surface area contributed by atoms with Gasteiger partial charge in [-0.05, 0) is 60.4 Å². The normalized spacial score (nSPS) is 14.1. The highest BCUT2D eigenvalue weighted by Gasteiger charge is 2.24. The molecule has 1 heterocycles. The third-order valence-corrected chi connectivity index (χ3v) is 5.06. The van der Waals surface area contributed by atoms with Crippen molar-refractivity contribution in [2.75, 3.05) is 21.3 Å². The molecule has 2 aromatic carbocycles. The van der Waals surface area contributed by atoms with E-state index in [2.05, 4.69) is 0 Å². The molecule has 0 N–H and O–H groups in total. The summed E-state index contributed by atoms with van der Waals surface area (Å²) in [6, 6.07) is 10.4. The molecule has 3 aromatic rings. The first-order valence-corrected chi connectivity index (χ1v) is 9.16. The Morgan fingerprint density at radius 1 is 1.00 bits per heavy atom. The molecular weight excluding hydrogens is 372 g/mol. The number of carbonyl (C=O) groups is 1. The number of methoxy groups -OCH3 is 3.